The van der Waals surface area contributed by atoms with Crippen molar-refractivity contribution in [1.82, 2.24) is 10.2 Å². The third-order valence-electron chi connectivity index (χ3n) is 3.94. The van der Waals surface area contributed by atoms with Gasteiger partial charge in [-0.3, -0.25) is 0 Å². The smallest absolute Gasteiger partial charge is 0.0952 e. The molecule has 1 aliphatic rings. The highest BCUT2D eigenvalue weighted by Gasteiger charge is 2.19. The van der Waals surface area contributed by atoms with Crippen molar-refractivity contribution in [3.8, 4) is 0 Å². The lowest BCUT2D eigenvalue weighted by molar-refractivity contribution is 0.0422. The van der Waals surface area contributed by atoms with Gasteiger partial charge in [-0.15, -0.1) is 0 Å². The van der Waals surface area contributed by atoms with Crippen molar-refractivity contribution in [3.63, 3.8) is 0 Å². The Bertz CT molecular complexity index is 392. The quantitative estimate of drug-likeness (QED) is 0.796. The largest absolute Gasteiger partial charge is 0.372 e. The molecule has 2 rings (SSSR count). The van der Waals surface area contributed by atoms with Crippen LogP contribution in [0, 0.1) is 0 Å². The zero-order chi connectivity index (χ0) is 13.7. The van der Waals surface area contributed by atoms with E-state index in [0.29, 0.717) is 6.04 Å². The molecule has 1 aromatic carbocycles. The van der Waals surface area contributed by atoms with E-state index < -0.39 is 0 Å². The van der Waals surface area contributed by atoms with Crippen LogP contribution in [0.2, 0.25) is 0 Å². The van der Waals surface area contributed by atoms with E-state index in [1.54, 1.807) is 0 Å². The molecule has 1 heterocycles. The van der Waals surface area contributed by atoms with Crippen molar-refractivity contribution in [2.45, 2.75) is 32.4 Å². The van der Waals surface area contributed by atoms with Gasteiger partial charge in [0.25, 0.3) is 0 Å². The third-order valence-corrected chi connectivity index (χ3v) is 3.94. The Balaban J connectivity index is 1.78. The molecule has 1 atom stereocenters. The normalized spacial score (nSPS) is 18.9. The molecule has 0 aliphatic carbocycles. The number of hydrogen-bond donors (Lipinski definition) is 1. The zero-order valence-corrected chi connectivity index (χ0v) is 12.4. The number of nitrogens with zero attached hydrogens (tertiary/aromatic N) is 1. The van der Waals surface area contributed by atoms with E-state index in [4.69, 9.17) is 4.74 Å². The summed E-state index contributed by atoms with van der Waals surface area (Å²) in [5, 5.41) is 3.52. The minimum absolute atomic E-state index is 0.217. The predicted molar refractivity (Wildman–Crippen MR) is 79.5 cm³/mol. The Morgan fingerprint density at radius 2 is 2.16 bits per heavy atom. The van der Waals surface area contributed by atoms with Crippen molar-refractivity contribution >= 4 is 0 Å². The maximum Gasteiger partial charge on any atom is 0.0952 e. The van der Waals surface area contributed by atoms with Crippen LogP contribution < -0.4 is 5.32 Å². The second kappa shape index (κ2) is 7.04. The van der Waals surface area contributed by atoms with Gasteiger partial charge in [0.05, 0.1) is 12.7 Å². The highest BCUT2D eigenvalue weighted by molar-refractivity contribution is 5.31. The second-order valence-corrected chi connectivity index (χ2v) is 5.59. The summed E-state index contributed by atoms with van der Waals surface area (Å²) < 4.78 is 5.88. The highest BCUT2D eigenvalue weighted by atomic mass is 16.5. The minimum atomic E-state index is 0.217. The number of hydrogen-bond acceptors (Lipinski definition) is 3. The van der Waals surface area contributed by atoms with Crippen LogP contribution in [-0.2, 0) is 11.2 Å². The average Bonchev–Trinajstić information content (AvgIpc) is 2.43. The van der Waals surface area contributed by atoms with Crippen LogP contribution in [0.15, 0.2) is 24.3 Å². The molecule has 0 saturated carbocycles. The average molecular weight is 262 g/mol. The van der Waals surface area contributed by atoms with Gasteiger partial charge < -0.3 is 15.0 Å². The van der Waals surface area contributed by atoms with Gasteiger partial charge in [0.15, 0.2) is 0 Å². The molecule has 1 aromatic rings. The molecule has 0 radical (unpaired) electrons. The van der Waals surface area contributed by atoms with Crippen LogP contribution in [-0.4, -0.2) is 44.2 Å². The summed E-state index contributed by atoms with van der Waals surface area (Å²) in [5.74, 6) is 0. The number of likely N-dealkylation sites (N-methyl/N-ethyl adjacent to an activating group) is 1. The van der Waals surface area contributed by atoms with Crippen molar-refractivity contribution in [2.75, 3.05) is 33.3 Å². The molecule has 19 heavy (non-hydrogen) atoms. The molecule has 1 N–H and O–H groups in total. The molecule has 1 unspecified atom stereocenters. The summed E-state index contributed by atoms with van der Waals surface area (Å²) in [6, 6.07) is 9.24. The third kappa shape index (κ3) is 4.03. The molecule has 0 spiro atoms. The highest BCUT2D eigenvalue weighted by Crippen LogP contribution is 2.25. The first-order chi connectivity index (χ1) is 9.18. The summed E-state index contributed by atoms with van der Waals surface area (Å²) in [6.45, 7) is 8.28. The summed E-state index contributed by atoms with van der Waals surface area (Å²) in [4.78, 5) is 2.35. The van der Waals surface area contributed by atoms with Crippen LogP contribution in [0.25, 0.3) is 0 Å². The number of benzene rings is 1. The molecule has 1 aliphatic heterocycles. The summed E-state index contributed by atoms with van der Waals surface area (Å²) in [6.07, 6.45) is 1.26. The number of rotatable bonds is 6. The van der Waals surface area contributed by atoms with Crippen LogP contribution in [0.5, 0.6) is 0 Å². The fourth-order valence-corrected chi connectivity index (χ4v) is 2.39. The SMILES string of the molecule is CC(C)N(C)CCNCC1OCCc2ccccc21. The molecule has 3 nitrogen and oxygen atoms in total. The van der Waals surface area contributed by atoms with Crippen LogP contribution >= 0.6 is 0 Å². The van der Waals surface area contributed by atoms with E-state index in [1.807, 2.05) is 0 Å². The van der Waals surface area contributed by atoms with Gasteiger partial charge in [-0.2, -0.15) is 0 Å². The standard InChI is InChI=1S/C16H26N2O/c1-13(2)18(3)10-9-17-12-16-15-7-5-4-6-14(15)8-11-19-16/h4-7,13,16-17H,8-12H2,1-3H3. The lowest BCUT2D eigenvalue weighted by atomic mass is 9.97. The summed E-state index contributed by atoms with van der Waals surface area (Å²) in [5.41, 5.74) is 2.80. The van der Waals surface area contributed by atoms with Crippen LogP contribution in [0.1, 0.15) is 31.1 Å². The molecule has 106 valence electrons. The van der Waals surface area contributed by atoms with Gasteiger partial charge in [-0.1, -0.05) is 24.3 Å². The Morgan fingerprint density at radius 1 is 1.37 bits per heavy atom. The first-order valence-corrected chi connectivity index (χ1v) is 7.29. The maximum absolute atomic E-state index is 5.88. The molecule has 0 amide bonds. The van der Waals surface area contributed by atoms with E-state index in [9.17, 15) is 0 Å². The van der Waals surface area contributed by atoms with E-state index in [-0.39, 0.29) is 6.10 Å². The minimum Gasteiger partial charge on any atom is -0.372 e. The summed E-state index contributed by atoms with van der Waals surface area (Å²) in [7, 11) is 2.17. The van der Waals surface area contributed by atoms with E-state index in [2.05, 4.69) is 55.4 Å². The Kier molecular flexibility index (Phi) is 5.37. The molecule has 0 bridgehead atoms. The lowest BCUT2D eigenvalue weighted by Gasteiger charge is -2.27. The van der Waals surface area contributed by atoms with Crippen molar-refractivity contribution < 1.29 is 4.74 Å². The fraction of sp³-hybridized carbons (Fsp3) is 0.625. The monoisotopic (exact) mass is 262 g/mol. The van der Waals surface area contributed by atoms with Gasteiger partial charge >= 0.3 is 0 Å². The molecular weight excluding hydrogens is 236 g/mol. The molecule has 0 aromatic heterocycles. The number of ether oxygens (including phenoxy) is 1. The lowest BCUT2D eigenvalue weighted by Crippen LogP contribution is -2.36. The van der Waals surface area contributed by atoms with Crippen molar-refractivity contribution in [2.24, 2.45) is 0 Å². The zero-order valence-electron chi connectivity index (χ0n) is 12.4. The molecular formula is C16H26N2O. The molecule has 3 heteroatoms. The second-order valence-electron chi connectivity index (χ2n) is 5.59. The number of nitrogens with one attached hydrogen (secondary N) is 1. The van der Waals surface area contributed by atoms with Crippen molar-refractivity contribution in [1.29, 1.82) is 0 Å². The molecule has 0 fully saturated rings. The number of fused-ring (bicyclic) bond motifs is 1. The molecule has 0 saturated heterocycles. The van der Waals surface area contributed by atoms with Gasteiger partial charge in [0.1, 0.15) is 0 Å². The first-order valence-electron chi connectivity index (χ1n) is 7.29. The van der Waals surface area contributed by atoms with Crippen LogP contribution in [0.4, 0.5) is 0 Å². The van der Waals surface area contributed by atoms with Crippen molar-refractivity contribution in [3.05, 3.63) is 35.4 Å². The van der Waals surface area contributed by atoms with Gasteiger partial charge in [0, 0.05) is 25.7 Å². The van der Waals surface area contributed by atoms with E-state index in [0.717, 1.165) is 32.7 Å². The Hall–Kier alpha value is -0.900. The Labute approximate surface area is 116 Å². The predicted octanol–water partition coefficient (Wildman–Crippen LogP) is 2.23. The fourth-order valence-electron chi connectivity index (χ4n) is 2.39. The Morgan fingerprint density at radius 3 is 2.95 bits per heavy atom. The maximum atomic E-state index is 5.88. The van der Waals surface area contributed by atoms with Gasteiger partial charge in [-0.25, -0.2) is 0 Å². The van der Waals surface area contributed by atoms with Gasteiger partial charge in [-0.05, 0) is 38.4 Å². The van der Waals surface area contributed by atoms with E-state index >= 15 is 0 Å². The first kappa shape index (κ1) is 14.5. The summed E-state index contributed by atoms with van der Waals surface area (Å²) >= 11 is 0. The topological polar surface area (TPSA) is 24.5 Å². The van der Waals surface area contributed by atoms with Crippen LogP contribution in [0.3, 0.4) is 0 Å². The van der Waals surface area contributed by atoms with E-state index in [1.165, 1.54) is 11.1 Å². The van der Waals surface area contributed by atoms with Gasteiger partial charge in [0.2, 0.25) is 0 Å².